The Bertz CT molecular complexity index is 577. The lowest BCUT2D eigenvalue weighted by atomic mass is 10.2. The molecule has 0 aliphatic carbocycles. The molecule has 1 rings (SSSR count). The zero-order valence-electron chi connectivity index (χ0n) is 10.6. The average Bonchev–Trinajstić information content (AvgIpc) is 2.10. The number of hydrogen-bond acceptors (Lipinski definition) is 1. The van der Waals surface area contributed by atoms with Crippen molar-refractivity contribution in [3.05, 3.63) is 23.8 Å². The number of hydrogen-bond donors (Lipinski definition) is 1. The molecule has 108 valence electrons. The molecule has 0 spiro atoms. The summed E-state index contributed by atoms with van der Waals surface area (Å²) in [5.41, 5.74) is 7.99. The quantitative estimate of drug-likeness (QED) is 0.329. The Morgan fingerprint density at radius 1 is 1.05 bits per heavy atom. The molecule has 0 aliphatic rings. The van der Waals surface area contributed by atoms with Crippen molar-refractivity contribution in [1.29, 1.82) is 0 Å². The van der Waals surface area contributed by atoms with E-state index in [1.807, 2.05) is 19.6 Å². The lowest BCUT2D eigenvalue weighted by Gasteiger charge is -2.40. The van der Waals surface area contributed by atoms with Crippen LogP contribution in [0.25, 0.3) is 0 Å². The van der Waals surface area contributed by atoms with Crippen LogP contribution in [0.3, 0.4) is 0 Å². The monoisotopic (exact) mass is 315 g/mol. The second kappa shape index (κ2) is 3.67. The zero-order chi connectivity index (χ0) is 15.2. The first-order valence-corrected chi connectivity index (χ1v) is 10.7. The Hall–Kier alpha value is -1.20. The van der Waals surface area contributed by atoms with E-state index in [1.54, 1.807) is 0 Å². The lowest BCUT2D eigenvalue weighted by molar-refractivity contribution is 0.364. The third kappa shape index (κ3) is 4.76. The lowest BCUT2D eigenvalue weighted by Crippen LogP contribution is -2.16. The van der Waals surface area contributed by atoms with E-state index in [2.05, 4.69) is 11.5 Å². The molecule has 0 saturated heterocycles. The minimum atomic E-state index is -9.68. The summed E-state index contributed by atoms with van der Waals surface area (Å²) < 4.78 is 63.3. The molecule has 0 atom stereocenters. The molecule has 1 nitrogen and oxygen atoms in total. The molecule has 1 aromatic rings. The predicted octanol–water partition coefficient (Wildman–Crippen LogP) is 5.16. The van der Waals surface area contributed by atoms with Crippen molar-refractivity contribution >= 4 is 24.0 Å². The molecule has 2 N–H and O–H groups in total. The van der Waals surface area contributed by atoms with Crippen LogP contribution >= 0.6 is 10.2 Å². The number of nitrogens with two attached hydrogens (primary N) is 1. The summed E-state index contributed by atoms with van der Waals surface area (Å²) >= 11 is 0. The fourth-order valence-corrected chi connectivity index (χ4v) is 2.31. The molecule has 0 aliphatic heterocycles. The van der Waals surface area contributed by atoms with Gasteiger partial charge in [-0.25, -0.2) is 0 Å². The molecule has 0 saturated carbocycles. The molecular formula is C11H14F5NSSi. The van der Waals surface area contributed by atoms with Crippen molar-refractivity contribution in [2.24, 2.45) is 0 Å². The Labute approximate surface area is 109 Å². The number of halogens is 5. The zero-order valence-corrected chi connectivity index (χ0v) is 12.4. The van der Waals surface area contributed by atoms with Crippen LogP contribution in [0, 0.1) is 11.5 Å². The molecule has 0 heterocycles. The molecule has 1 aromatic carbocycles. The van der Waals surface area contributed by atoms with E-state index in [0.29, 0.717) is 6.07 Å². The maximum absolute atomic E-state index is 12.7. The maximum Gasteiger partial charge on any atom is 0.310 e. The van der Waals surface area contributed by atoms with Gasteiger partial charge in [0.15, 0.2) is 0 Å². The first-order valence-electron chi connectivity index (χ1n) is 5.25. The van der Waals surface area contributed by atoms with Crippen molar-refractivity contribution in [1.82, 2.24) is 0 Å². The van der Waals surface area contributed by atoms with Crippen LogP contribution in [-0.4, -0.2) is 8.07 Å². The highest BCUT2D eigenvalue weighted by Gasteiger charge is 2.65. The van der Waals surface area contributed by atoms with Crippen LogP contribution in [0.4, 0.5) is 25.1 Å². The SMILES string of the molecule is C[Si](C)(C)C#Cc1cc(S(F)(F)(F)(F)F)ccc1N. The highest BCUT2D eigenvalue weighted by atomic mass is 32.5. The normalized spacial score (nSPS) is 16.0. The van der Waals surface area contributed by atoms with Crippen LogP contribution in [0.15, 0.2) is 23.1 Å². The fraction of sp³-hybridized carbons (Fsp3) is 0.273. The second-order valence-electron chi connectivity index (χ2n) is 5.22. The molecule has 0 bridgehead atoms. The summed E-state index contributed by atoms with van der Waals surface area (Å²) in [6.45, 7) is 5.64. The third-order valence-corrected chi connectivity index (χ3v) is 4.06. The molecule has 0 fully saturated rings. The summed E-state index contributed by atoms with van der Waals surface area (Å²) in [5.74, 6) is 2.47. The summed E-state index contributed by atoms with van der Waals surface area (Å²) in [7, 11) is -11.5. The van der Waals surface area contributed by atoms with Gasteiger partial charge >= 0.3 is 10.2 Å². The smallest absolute Gasteiger partial charge is 0.310 e. The largest absolute Gasteiger partial charge is 0.398 e. The van der Waals surface area contributed by atoms with Crippen molar-refractivity contribution in [3.8, 4) is 11.5 Å². The first kappa shape index (κ1) is 15.9. The van der Waals surface area contributed by atoms with Crippen LogP contribution in [0.2, 0.25) is 19.6 Å². The van der Waals surface area contributed by atoms with Crippen molar-refractivity contribution in [2.75, 3.05) is 5.73 Å². The van der Waals surface area contributed by atoms with Crippen LogP contribution < -0.4 is 5.73 Å². The van der Waals surface area contributed by atoms with Gasteiger partial charge < -0.3 is 5.73 Å². The maximum atomic E-state index is 12.7. The second-order valence-corrected chi connectivity index (χ2v) is 12.4. The average molecular weight is 315 g/mol. The van der Waals surface area contributed by atoms with Gasteiger partial charge in [-0.2, -0.15) is 0 Å². The van der Waals surface area contributed by atoms with Gasteiger partial charge in [-0.05, 0) is 18.2 Å². The number of anilines is 1. The molecule has 19 heavy (non-hydrogen) atoms. The van der Waals surface area contributed by atoms with E-state index in [1.165, 1.54) is 0 Å². The molecule has 0 unspecified atom stereocenters. The third-order valence-electron chi connectivity index (χ3n) is 2.04. The molecule has 8 heteroatoms. The first-order chi connectivity index (χ1) is 8.08. The molecular weight excluding hydrogens is 301 g/mol. The van der Waals surface area contributed by atoms with Crippen molar-refractivity contribution < 1.29 is 19.4 Å². The summed E-state index contributed by atoms with van der Waals surface area (Å²) in [6, 6.07) is 1.42. The Kier molecular flexibility index (Phi) is 3.06. The highest BCUT2D eigenvalue weighted by molar-refractivity contribution is 8.45. The minimum absolute atomic E-state index is 0.0450. The Morgan fingerprint density at radius 3 is 2.00 bits per heavy atom. The van der Waals surface area contributed by atoms with Crippen molar-refractivity contribution in [3.63, 3.8) is 0 Å². The minimum Gasteiger partial charge on any atom is -0.398 e. The molecule has 0 amide bonds. The van der Waals surface area contributed by atoms with Crippen molar-refractivity contribution in [2.45, 2.75) is 24.5 Å². The predicted molar refractivity (Wildman–Crippen MR) is 72.5 cm³/mol. The Morgan fingerprint density at radius 2 is 1.58 bits per heavy atom. The van der Waals surface area contributed by atoms with Gasteiger partial charge in [0.05, 0.1) is 0 Å². The van der Waals surface area contributed by atoms with E-state index in [9.17, 15) is 19.4 Å². The summed E-state index contributed by atoms with van der Waals surface area (Å²) in [5, 5.41) is 0. The van der Waals surface area contributed by atoms with E-state index >= 15 is 0 Å². The van der Waals surface area contributed by atoms with E-state index < -0.39 is 23.2 Å². The summed E-state index contributed by atoms with van der Waals surface area (Å²) in [6.07, 6.45) is 0. The fourth-order valence-electron chi connectivity index (χ4n) is 1.14. The van der Waals surface area contributed by atoms with Gasteiger partial charge in [-0.15, -0.1) is 5.54 Å². The van der Waals surface area contributed by atoms with Crippen LogP contribution in [0.1, 0.15) is 5.56 Å². The van der Waals surface area contributed by atoms with Gasteiger partial charge in [0, 0.05) is 11.3 Å². The van der Waals surface area contributed by atoms with E-state index in [-0.39, 0.29) is 17.3 Å². The van der Waals surface area contributed by atoms with E-state index in [4.69, 9.17) is 5.73 Å². The topological polar surface area (TPSA) is 26.0 Å². The van der Waals surface area contributed by atoms with Gasteiger partial charge in [-0.3, -0.25) is 0 Å². The molecule has 0 radical (unpaired) electrons. The number of nitrogen functional groups attached to an aromatic ring is 1. The highest BCUT2D eigenvalue weighted by Crippen LogP contribution is 3.02. The molecule has 0 aromatic heterocycles. The Balaban J connectivity index is 3.43. The van der Waals surface area contributed by atoms with Gasteiger partial charge in [0.25, 0.3) is 0 Å². The van der Waals surface area contributed by atoms with Gasteiger partial charge in [0.2, 0.25) is 0 Å². The van der Waals surface area contributed by atoms with Gasteiger partial charge in [-0.1, -0.05) is 45.0 Å². The number of rotatable bonds is 1. The van der Waals surface area contributed by atoms with Crippen LogP contribution in [0.5, 0.6) is 0 Å². The summed E-state index contributed by atoms with van der Waals surface area (Å²) in [4.78, 5) is -1.96. The standard InChI is InChI=1S/C11H14F5NSSi/c1-19(2,3)7-6-9-8-10(4-5-11(9)17)18(12,13,14,15)16/h4-5,8H,17H2,1-3H3. The van der Waals surface area contributed by atoms with Gasteiger partial charge in [0.1, 0.15) is 13.0 Å². The number of benzene rings is 1. The van der Waals surface area contributed by atoms with Crippen LogP contribution in [-0.2, 0) is 0 Å². The van der Waals surface area contributed by atoms with E-state index in [0.717, 1.165) is 6.07 Å².